The van der Waals surface area contributed by atoms with Gasteiger partial charge in [-0.1, -0.05) is 37.6 Å². The molecular weight excluding hydrogens is 350 g/mol. The van der Waals surface area contributed by atoms with Gasteiger partial charge < -0.3 is 10.1 Å². The van der Waals surface area contributed by atoms with Crippen molar-refractivity contribution in [3.8, 4) is 11.4 Å². The summed E-state index contributed by atoms with van der Waals surface area (Å²) in [4.78, 5) is 12.3. The zero-order valence-electron chi connectivity index (χ0n) is 15.4. The number of thioether (sulfide) groups is 1. The fraction of sp³-hybridized carbons (Fsp3) is 0.556. The molecule has 7 nitrogen and oxygen atoms in total. The lowest BCUT2D eigenvalue weighted by Gasteiger charge is -2.29. The molecule has 1 N–H and O–H groups in total. The van der Waals surface area contributed by atoms with Crippen LogP contribution in [0.5, 0.6) is 5.75 Å². The second-order valence-electron chi connectivity index (χ2n) is 6.77. The SMILES string of the molecule is COc1ccc(C)cc1-n1nnnc1SCC(=O)N[C@H]1CCCC[C@@H]1C. The van der Waals surface area contributed by atoms with E-state index in [1.54, 1.807) is 11.8 Å². The lowest BCUT2D eigenvalue weighted by atomic mass is 9.86. The van der Waals surface area contributed by atoms with Crippen molar-refractivity contribution in [2.24, 2.45) is 5.92 Å². The molecule has 1 saturated carbocycles. The van der Waals surface area contributed by atoms with Gasteiger partial charge in [0, 0.05) is 6.04 Å². The molecule has 1 aromatic carbocycles. The van der Waals surface area contributed by atoms with Crippen LogP contribution in [-0.4, -0.2) is 45.0 Å². The fourth-order valence-electron chi connectivity index (χ4n) is 3.29. The molecule has 0 aliphatic heterocycles. The van der Waals surface area contributed by atoms with Crippen LogP contribution in [0.25, 0.3) is 5.69 Å². The van der Waals surface area contributed by atoms with E-state index >= 15 is 0 Å². The summed E-state index contributed by atoms with van der Waals surface area (Å²) in [6, 6.07) is 6.10. The second-order valence-corrected chi connectivity index (χ2v) is 7.72. The molecule has 8 heteroatoms. The van der Waals surface area contributed by atoms with Gasteiger partial charge in [0.1, 0.15) is 11.4 Å². The minimum Gasteiger partial charge on any atom is -0.494 e. The van der Waals surface area contributed by atoms with Crippen molar-refractivity contribution in [1.82, 2.24) is 25.5 Å². The minimum atomic E-state index is 0.0273. The first-order valence-electron chi connectivity index (χ1n) is 8.94. The van der Waals surface area contributed by atoms with Crippen LogP contribution in [0.3, 0.4) is 0 Å². The van der Waals surface area contributed by atoms with Crippen molar-refractivity contribution in [3.05, 3.63) is 23.8 Å². The number of benzene rings is 1. The molecule has 3 rings (SSSR count). The van der Waals surface area contributed by atoms with Crippen LogP contribution in [0.15, 0.2) is 23.4 Å². The van der Waals surface area contributed by atoms with Crippen LogP contribution < -0.4 is 10.1 Å². The summed E-state index contributed by atoms with van der Waals surface area (Å²) in [5.41, 5.74) is 1.84. The number of carbonyl (C=O) groups excluding carboxylic acids is 1. The topological polar surface area (TPSA) is 81.9 Å². The van der Waals surface area contributed by atoms with Crippen molar-refractivity contribution >= 4 is 17.7 Å². The van der Waals surface area contributed by atoms with E-state index in [4.69, 9.17) is 4.74 Å². The van der Waals surface area contributed by atoms with E-state index in [9.17, 15) is 4.79 Å². The highest BCUT2D eigenvalue weighted by Gasteiger charge is 2.23. The normalized spacial score (nSPS) is 20.0. The summed E-state index contributed by atoms with van der Waals surface area (Å²) < 4.78 is 7.03. The largest absolute Gasteiger partial charge is 0.494 e. The molecule has 1 amide bonds. The molecule has 1 aliphatic rings. The Morgan fingerprint density at radius 1 is 1.38 bits per heavy atom. The molecule has 140 valence electrons. The Labute approximate surface area is 157 Å². The molecule has 26 heavy (non-hydrogen) atoms. The monoisotopic (exact) mass is 375 g/mol. The minimum absolute atomic E-state index is 0.0273. The standard InChI is InChI=1S/C18H25N5O2S/c1-12-8-9-16(25-3)15(10-12)23-18(20-21-22-23)26-11-17(24)19-14-7-5-4-6-13(14)2/h8-10,13-14H,4-7,11H2,1-3H3,(H,19,24)/t13-,14-/m0/s1. The molecule has 0 radical (unpaired) electrons. The van der Waals surface area contributed by atoms with E-state index in [1.165, 1.54) is 31.0 Å². The van der Waals surface area contributed by atoms with Gasteiger partial charge in [0.05, 0.1) is 12.9 Å². The number of nitrogens with zero attached hydrogens (tertiary/aromatic N) is 4. The molecule has 0 unspecified atom stereocenters. The van der Waals surface area contributed by atoms with E-state index in [-0.39, 0.29) is 17.7 Å². The smallest absolute Gasteiger partial charge is 0.230 e. The summed E-state index contributed by atoms with van der Waals surface area (Å²) in [6.07, 6.45) is 4.70. The van der Waals surface area contributed by atoms with Crippen LogP contribution in [-0.2, 0) is 4.79 Å². The predicted molar refractivity (Wildman–Crippen MR) is 101 cm³/mol. The van der Waals surface area contributed by atoms with Crippen molar-refractivity contribution in [2.45, 2.75) is 50.7 Å². The van der Waals surface area contributed by atoms with E-state index in [1.807, 2.05) is 25.1 Å². The fourth-order valence-corrected chi connectivity index (χ4v) is 3.99. The lowest BCUT2D eigenvalue weighted by molar-refractivity contribution is -0.119. The number of aryl methyl sites for hydroxylation is 1. The van der Waals surface area contributed by atoms with E-state index in [0.717, 1.165) is 17.7 Å². The lowest BCUT2D eigenvalue weighted by Crippen LogP contribution is -2.41. The molecule has 0 bridgehead atoms. The zero-order chi connectivity index (χ0) is 18.5. The maximum absolute atomic E-state index is 12.3. The highest BCUT2D eigenvalue weighted by molar-refractivity contribution is 7.99. The first kappa shape index (κ1) is 18.7. The van der Waals surface area contributed by atoms with Gasteiger partial charge in [0.15, 0.2) is 0 Å². The summed E-state index contributed by atoms with van der Waals surface area (Å²) >= 11 is 1.33. The zero-order valence-corrected chi connectivity index (χ0v) is 16.3. The van der Waals surface area contributed by atoms with Crippen LogP contribution in [0.4, 0.5) is 0 Å². The summed E-state index contributed by atoms with van der Waals surface area (Å²) in [5.74, 6) is 1.54. The Morgan fingerprint density at radius 2 is 2.19 bits per heavy atom. The summed E-state index contributed by atoms with van der Waals surface area (Å²) in [5, 5.41) is 15.6. The van der Waals surface area contributed by atoms with Crippen molar-refractivity contribution in [2.75, 3.05) is 12.9 Å². The van der Waals surface area contributed by atoms with Crippen LogP contribution in [0, 0.1) is 12.8 Å². The van der Waals surface area contributed by atoms with E-state index in [0.29, 0.717) is 16.8 Å². The number of hydrogen-bond donors (Lipinski definition) is 1. The first-order valence-corrected chi connectivity index (χ1v) is 9.92. The maximum Gasteiger partial charge on any atom is 0.230 e. The maximum atomic E-state index is 12.3. The molecule has 2 atom stereocenters. The molecule has 1 fully saturated rings. The van der Waals surface area contributed by atoms with Gasteiger partial charge in [-0.15, -0.1) is 5.10 Å². The third kappa shape index (κ3) is 4.35. The van der Waals surface area contributed by atoms with Gasteiger partial charge in [-0.25, -0.2) is 0 Å². The molecular formula is C18H25N5O2S. The van der Waals surface area contributed by atoms with Crippen molar-refractivity contribution < 1.29 is 9.53 Å². The number of carbonyl (C=O) groups is 1. The van der Waals surface area contributed by atoms with Crippen molar-refractivity contribution in [3.63, 3.8) is 0 Å². The third-order valence-corrected chi connectivity index (χ3v) is 5.71. The van der Waals surface area contributed by atoms with Gasteiger partial charge >= 0.3 is 0 Å². The van der Waals surface area contributed by atoms with Gasteiger partial charge in [0.25, 0.3) is 0 Å². The van der Waals surface area contributed by atoms with E-state index < -0.39 is 0 Å². The first-order chi connectivity index (χ1) is 12.6. The number of hydrogen-bond acceptors (Lipinski definition) is 6. The number of rotatable bonds is 6. The Bertz CT molecular complexity index is 764. The van der Waals surface area contributed by atoms with Crippen LogP contribution >= 0.6 is 11.8 Å². The number of nitrogens with one attached hydrogen (secondary N) is 1. The van der Waals surface area contributed by atoms with Gasteiger partial charge in [-0.3, -0.25) is 4.79 Å². The predicted octanol–water partition coefficient (Wildman–Crippen LogP) is 2.77. The average molecular weight is 375 g/mol. The highest BCUT2D eigenvalue weighted by atomic mass is 32.2. The second kappa shape index (κ2) is 8.53. The Balaban J connectivity index is 1.66. The highest BCUT2D eigenvalue weighted by Crippen LogP contribution is 2.27. The molecule has 1 aromatic heterocycles. The number of tetrazole rings is 1. The quantitative estimate of drug-likeness (QED) is 0.782. The summed E-state index contributed by atoms with van der Waals surface area (Å²) in [6.45, 7) is 4.21. The van der Waals surface area contributed by atoms with Crippen LogP contribution in [0.2, 0.25) is 0 Å². The van der Waals surface area contributed by atoms with Gasteiger partial charge in [0.2, 0.25) is 11.1 Å². The molecule has 0 spiro atoms. The molecule has 0 saturated heterocycles. The number of aromatic nitrogens is 4. The molecule has 2 aromatic rings. The van der Waals surface area contributed by atoms with Crippen molar-refractivity contribution in [1.29, 1.82) is 0 Å². The molecule has 1 aliphatic carbocycles. The molecule has 1 heterocycles. The Morgan fingerprint density at radius 3 is 2.96 bits per heavy atom. The number of ether oxygens (including phenoxy) is 1. The van der Waals surface area contributed by atoms with Gasteiger partial charge in [-0.2, -0.15) is 4.68 Å². The number of amides is 1. The summed E-state index contributed by atoms with van der Waals surface area (Å²) in [7, 11) is 1.62. The average Bonchev–Trinajstić information content (AvgIpc) is 3.10. The third-order valence-electron chi connectivity index (χ3n) is 4.79. The van der Waals surface area contributed by atoms with E-state index in [2.05, 4.69) is 27.8 Å². The Hall–Kier alpha value is -2.09. The Kier molecular flexibility index (Phi) is 6.13. The van der Waals surface area contributed by atoms with Gasteiger partial charge in [-0.05, 0) is 53.8 Å². The number of methoxy groups -OCH3 is 1. The van der Waals surface area contributed by atoms with Crippen LogP contribution in [0.1, 0.15) is 38.2 Å².